The average molecular weight is 374 g/mol. The number of hydrogen-bond acceptors (Lipinski definition) is 4. The van der Waals surface area contributed by atoms with Gasteiger partial charge in [-0.25, -0.2) is 13.1 Å². The highest BCUT2D eigenvalue weighted by molar-refractivity contribution is 7.89. The Morgan fingerprint density at radius 2 is 1.81 bits per heavy atom. The lowest BCUT2D eigenvalue weighted by Crippen LogP contribution is -2.27. The first-order chi connectivity index (χ1) is 12.5. The molecule has 0 radical (unpaired) electrons. The van der Waals surface area contributed by atoms with Crippen molar-refractivity contribution in [1.29, 1.82) is 0 Å². The number of hydrogen-bond donors (Lipinski definition) is 2. The van der Waals surface area contributed by atoms with E-state index in [0.717, 1.165) is 24.9 Å². The largest absolute Gasteiger partial charge is 0.383 e. The Labute approximate surface area is 153 Å². The van der Waals surface area contributed by atoms with Gasteiger partial charge in [-0.1, -0.05) is 6.07 Å². The number of methoxy groups -OCH3 is 1. The maximum absolute atomic E-state index is 12.4. The zero-order chi connectivity index (χ0) is 18.6. The fourth-order valence-corrected chi connectivity index (χ4v) is 4.01. The van der Waals surface area contributed by atoms with Crippen LogP contribution in [0.3, 0.4) is 0 Å². The summed E-state index contributed by atoms with van der Waals surface area (Å²) in [5.74, 6) is -0.265. The highest BCUT2D eigenvalue weighted by Gasteiger charge is 2.15. The van der Waals surface area contributed by atoms with Gasteiger partial charge in [0.15, 0.2) is 0 Å². The summed E-state index contributed by atoms with van der Waals surface area (Å²) in [7, 11) is -2.10. The molecule has 7 heteroatoms. The van der Waals surface area contributed by atoms with E-state index in [2.05, 4.69) is 16.1 Å². The smallest absolute Gasteiger partial charge is 0.255 e. The van der Waals surface area contributed by atoms with Crippen LogP contribution in [0, 0.1) is 0 Å². The Bertz CT molecular complexity index is 892. The third-order valence-corrected chi connectivity index (χ3v) is 5.86. The number of anilines is 1. The zero-order valence-electron chi connectivity index (χ0n) is 14.6. The van der Waals surface area contributed by atoms with Crippen LogP contribution in [0.4, 0.5) is 5.69 Å². The van der Waals surface area contributed by atoms with Crippen LogP contribution >= 0.6 is 0 Å². The number of carbonyl (C=O) groups excluding carboxylic acids is 1. The molecule has 6 nitrogen and oxygen atoms in total. The molecule has 1 aliphatic carbocycles. The van der Waals surface area contributed by atoms with Crippen molar-refractivity contribution in [3.8, 4) is 0 Å². The van der Waals surface area contributed by atoms with E-state index in [9.17, 15) is 13.2 Å². The second-order valence-corrected chi connectivity index (χ2v) is 7.97. The van der Waals surface area contributed by atoms with Crippen LogP contribution in [0.5, 0.6) is 0 Å². The van der Waals surface area contributed by atoms with Crippen LogP contribution in [-0.4, -0.2) is 34.6 Å². The van der Waals surface area contributed by atoms with Gasteiger partial charge in [-0.05, 0) is 66.8 Å². The fraction of sp³-hybridized carbons (Fsp3) is 0.316. The highest BCUT2D eigenvalue weighted by Crippen LogP contribution is 2.25. The Morgan fingerprint density at radius 1 is 1.08 bits per heavy atom. The van der Waals surface area contributed by atoms with Gasteiger partial charge in [-0.3, -0.25) is 4.79 Å². The van der Waals surface area contributed by atoms with E-state index in [4.69, 9.17) is 4.74 Å². The van der Waals surface area contributed by atoms with E-state index in [1.54, 1.807) is 0 Å². The molecule has 0 heterocycles. The number of ether oxygens (including phenoxy) is 1. The Balaban J connectivity index is 1.67. The molecule has 2 aromatic rings. The number of carbonyl (C=O) groups is 1. The summed E-state index contributed by atoms with van der Waals surface area (Å²) in [6.07, 6.45) is 3.29. The van der Waals surface area contributed by atoms with Crippen molar-refractivity contribution >= 4 is 21.6 Å². The molecule has 2 N–H and O–H groups in total. The fourth-order valence-electron chi connectivity index (χ4n) is 3.00. The minimum atomic E-state index is -3.60. The number of fused-ring (bicyclic) bond motifs is 1. The molecule has 138 valence electrons. The lowest BCUT2D eigenvalue weighted by Gasteiger charge is -2.09. The van der Waals surface area contributed by atoms with Gasteiger partial charge in [-0.15, -0.1) is 0 Å². The van der Waals surface area contributed by atoms with Crippen molar-refractivity contribution in [1.82, 2.24) is 4.72 Å². The molecule has 0 fully saturated rings. The first-order valence-electron chi connectivity index (χ1n) is 8.51. The minimum absolute atomic E-state index is 0.114. The lowest BCUT2D eigenvalue weighted by molar-refractivity contribution is 0.102. The molecule has 1 aliphatic rings. The van der Waals surface area contributed by atoms with Gasteiger partial charge in [0.05, 0.1) is 11.5 Å². The highest BCUT2D eigenvalue weighted by atomic mass is 32.2. The maximum atomic E-state index is 12.4. The molecule has 1 amide bonds. The Morgan fingerprint density at radius 3 is 2.54 bits per heavy atom. The number of rotatable bonds is 7. The van der Waals surface area contributed by atoms with Crippen molar-refractivity contribution in [2.45, 2.75) is 24.2 Å². The van der Waals surface area contributed by atoms with Crippen molar-refractivity contribution in [3.63, 3.8) is 0 Å². The van der Waals surface area contributed by atoms with Crippen LogP contribution < -0.4 is 10.0 Å². The molecular formula is C19H22N2O4S. The summed E-state index contributed by atoms with van der Waals surface area (Å²) in [6.45, 7) is 0.486. The number of sulfonamides is 1. The Kier molecular flexibility index (Phi) is 5.70. The normalized spacial score (nSPS) is 13.4. The third kappa shape index (κ3) is 4.30. The second kappa shape index (κ2) is 7.99. The number of nitrogens with one attached hydrogen (secondary N) is 2. The van der Waals surface area contributed by atoms with Crippen molar-refractivity contribution in [2.75, 3.05) is 25.6 Å². The summed E-state index contributed by atoms with van der Waals surface area (Å²) in [4.78, 5) is 12.5. The molecule has 26 heavy (non-hydrogen) atoms. The van der Waals surface area contributed by atoms with E-state index in [1.807, 2.05) is 12.1 Å². The van der Waals surface area contributed by atoms with E-state index in [-0.39, 0.29) is 17.3 Å². The lowest BCUT2D eigenvalue weighted by atomic mass is 10.1. The van der Waals surface area contributed by atoms with Gasteiger partial charge in [0.25, 0.3) is 5.91 Å². The number of amides is 1. The second-order valence-electron chi connectivity index (χ2n) is 6.21. The van der Waals surface area contributed by atoms with E-state index >= 15 is 0 Å². The van der Waals surface area contributed by atoms with Crippen molar-refractivity contribution in [2.24, 2.45) is 0 Å². The monoisotopic (exact) mass is 374 g/mol. The Hall–Kier alpha value is -2.22. The summed E-state index contributed by atoms with van der Waals surface area (Å²) in [5.41, 5.74) is 3.79. The predicted octanol–water partition coefficient (Wildman–Crippen LogP) is 2.35. The molecule has 0 bridgehead atoms. The van der Waals surface area contributed by atoms with E-state index < -0.39 is 10.0 Å². The predicted molar refractivity (Wildman–Crippen MR) is 99.9 cm³/mol. The standard InChI is InChI=1S/C19H22N2O4S/c1-25-12-11-20-26(23,24)18-9-6-15(7-10-18)19(22)21-17-8-5-14-3-2-4-16(14)13-17/h5-10,13,20H,2-4,11-12H2,1H3,(H,21,22). The van der Waals surface area contributed by atoms with Gasteiger partial charge in [0.1, 0.15) is 0 Å². The first kappa shape index (κ1) is 18.6. The molecule has 0 aliphatic heterocycles. The van der Waals surface area contributed by atoms with Crippen LogP contribution in [0.2, 0.25) is 0 Å². The minimum Gasteiger partial charge on any atom is -0.383 e. The molecule has 0 spiro atoms. The molecule has 0 saturated carbocycles. The average Bonchev–Trinajstić information content (AvgIpc) is 3.10. The van der Waals surface area contributed by atoms with Crippen molar-refractivity contribution < 1.29 is 17.9 Å². The van der Waals surface area contributed by atoms with E-state index in [0.29, 0.717) is 12.2 Å². The summed E-state index contributed by atoms with van der Waals surface area (Å²) >= 11 is 0. The third-order valence-electron chi connectivity index (χ3n) is 4.38. The summed E-state index contributed by atoms with van der Waals surface area (Å²) in [6, 6.07) is 11.8. The zero-order valence-corrected chi connectivity index (χ0v) is 15.4. The molecule has 2 aromatic carbocycles. The quantitative estimate of drug-likeness (QED) is 0.729. The van der Waals surface area contributed by atoms with Crippen LogP contribution in [0.25, 0.3) is 0 Å². The SMILES string of the molecule is COCCNS(=O)(=O)c1ccc(C(=O)Nc2ccc3c(c2)CCC3)cc1. The number of benzene rings is 2. The van der Waals surface area contributed by atoms with Gasteiger partial charge >= 0.3 is 0 Å². The van der Waals surface area contributed by atoms with Crippen LogP contribution in [0.1, 0.15) is 27.9 Å². The molecule has 0 unspecified atom stereocenters. The summed E-state index contributed by atoms with van der Waals surface area (Å²) in [5, 5.41) is 2.87. The molecule has 0 aromatic heterocycles. The topological polar surface area (TPSA) is 84.5 Å². The van der Waals surface area contributed by atoms with Gasteiger partial charge in [-0.2, -0.15) is 0 Å². The summed E-state index contributed by atoms with van der Waals surface area (Å²) < 4.78 is 31.5. The van der Waals surface area contributed by atoms with Gasteiger partial charge in [0, 0.05) is 24.9 Å². The van der Waals surface area contributed by atoms with Crippen LogP contribution in [0.15, 0.2) is 47.4 Å². The van der Waals surface area contributed by atoms with Gasteiger partial charge < -0.3 is 10.1 Å². The number of aryl methyl sites for hydroxylation is 2. The maximum Gasteiger partial charge on any atom is 0.255 e. The molecular weight excluding hydrogens is 352 g/mol. The molecule has 3 rings (SSSR count). The molecule has 0 atom stereocenters. The first-order valence-corrected chi connectivity index (χ1v) is 10.00. The van der Waals surface area contributed by atoms with Crippen LogP contribution in [-0.2, 0) is 27.6 Å². The van der Waals surface area contributed by atoms with E-state index in [1.165, 1.54) is 42.5 Å². The molecule has 0 saturated heterocycles. The van der Waals surface area contributed by atoms with Crippen molar-refractivity contribution in [3.05, 3.63) is 59.2 Å². The van der Waals surface area contributed by atoms with Gasteiger partial charge in [0.2, 0.25) is 10.0 Å².